The summed E-state index contributed by atoms with van der Waals surface area (Å²) in [5.41, 5.74) is 2.03. The third-order valence-electron chi connectivity index (χ3n) is 7.17. The van der Waals surface area contributed by atoms with Crippen LogP contribution in [0.2, 0.25) is 0 Å². The zero-order valence-electron chi connectivity index (χ0n) is 21.5. The summed E-state index contributed by atoms with van der Waals surface area (Å²) in [6, 6.07) is 8.67. The molecule has 7 nitrogen and oxygen atoms in total. The van der Waals surface area contributed by atoms with Gasteiger partial charge in [-0.25, -0.2) is 14.4 Å². The number of carbonyl (C=O) groups excluding carboxylic acids is 1. The third-order valence-corrected chi connectivity index (χ3v) is 7.17. The molecule has 1 aromatic heterocycles. The van der Waals surface area contributed by atoms with Crippen molar-refractivity contribution >= 4 is 34.5 Å². The van der Waals surface area contributed by atoms with Crippen LogP contribution in [0.3, 0.4) is 0 Å². The Morgan fingerprint density at radius 3 is 2.49 bits per heavy atom. The largest absolute Gasteiger partial charge is 0.573 e. The Morgan fingerprint density at radius 2 is 1.79 bits per heavy atom. The zero-order chi connectivity index (χ0) is 27.6. The number of aromatic nitrogens is 2. The predicted octanol–water partition coefficient (Wildman–Crippen LogP) is 5.69. The van der Waals surface area contributed by atoms with Gasteiger partial charge in [-0.15, -0.1) is 13.2 Å². The van der Waals surface area contributed by atoms with Crippen LogP contribution in [-0.4, -0.2) is 59.4 Å². The molecule has 3 heterocycles. The fourth-order valence-electron chi connectivity index (χ4n) is 5.21. The number of aryl methyl sites for hydroxylation is 1. The summed E-state index contributed by atoms with van der Waals surface area (Å²) in [6.07, 6.45) is 2.16. The number of ether oxygens (including phenoxy) is 1. The summed E-state index contributed by atoms with van der Waals surface area (Å²) in [5, 5.41) is 3.52. The summed E-state index contributed by atoms with van der Waals surface area (Å²) >= 11 is 0. The minimum atomic E-state index is -4.92. The molecule has 11 heteroatoms. The highest BCUT2D eigenvalue weighted by Crippen LogP contribution is 2.27. The molecule has 2 aliphatic heterocycles. The van der Waals surface area contributed by atoms with E-state index in [9.17, 15) is 22.4 Å². The van der Waals surface area contributed by atoms with Crippen molar-refractivity contribution in [1.29, 1.82) is 0 Å². The smallest absolute Gasteiger partial charge is 0.406 e. The van der Waals surface area contributed by atoms with Crippen molar-refractivity contribution in [2.45, 2.75) is 45.0 Å². The Labute approximate surface area is 223 Å². The molecule has 0 radical (unpaired) electrons. The van der Waals surface area contributed by atoms with Crippen molar-refractivity contribution in [2.24, 2.45) is 0 Å². The number of hydrogen-bond donors (Lipinski definition) is 1. The maximum atomic E-state index is 14.1. The van der Waals surface area contributed by atoms with Gasteiger partial charge in [0.2, 0.25) is 11.9 Å². The molecule has 1 amide bonds. The average Bonchev–Trinajstić information content (AvgIpc) is 3.43. The van der Waals surface area contributed by atoms with E-state index in [1.807, 2.05) is 13.0 Å². The van der Waals surface area contributed by atoms with Gasteiger partial charge < -0.3 is 19.9 Å². The van der Waals surface area contributed by atoms with E-state index in [1.54, 1.807) is 12.1 Å². The van der Waals surface area contributed by atoms with E-state index in [-0.39, 0.29) is 5.56 Å². The number of halogens is 4. The van der Waals surface area contributed by atoms with Crippen LogP contribution in [0.25, 0.3) is 17.0 Å². The number of nitrogens with one attached hydrogen (secondary N) is 1. The van der Waals surface area contributed by atoms with Crippen molar-refractivity contribution < 1.29 is 27.1 Å². The monoisotopic (exact) mass is 543 g/mol. The molecule has 0 bridgehead atoms. The minimum Gasteiger partial charge on any atom is -0.406 e. The molecular formula is C28H29F4N5O2. The number of piperidine rings is 1. The summed E-state index contributed by atoms with van der Waals surface area (Å²) in [6.45, 7) is 6.16. The molecule has 0 unspecified atom stereocenters. The Morgan fingerprint density at radius 1 is 1.05 bits per heavy atom. The van der Waals surface area contributed by atoms with Gasteiger partial charge in [-0.2, -0.15) is 0 Å². The van der Waals surface area contributed by atoms with Crippen LogP contribution in [0.1, 0.15) is 36.9 Å². The van der Waals surface area contributed by atoms with Crippen LogP contribution >= 0.6 is 0 Å². The van der Waals surface area contributed by atoms with Crippen LogP contribution < -0.4 is 15.0 Å². The Bertz CT molecular complexity index is 1380. The third kappa shape index (κ3) is 6.65. The van der Waals surface area contributed by atoms with E-state index in [0.717, 1.165) is 60.7 Å². The molecule has 2 fully saturated rings. The van der Waals surface area contributed by atoms with Crippen molar-refractivity contribution in [3.8, 4) is 5.75 Å². The average molecular weight is 544 g/mol. The Hall–Kier alpha value is -3.73. The van der Waals surface area contributed by atoms with E-state index in [4.69, 9.17) is 9.97 Å². The number of nitrogens with zero attached hydrogens (tertiary/aromatic N) is 4. The standard InChI is InChI=1S/C28H29F4N5O2/c1-18-23-16-20(34-26(38)9-5-19-4-7-22(17-24(19)29)39-28(30,31)32)6-8-25(23)35-27(33-18)37-14-10-21(11-15-37)36-12-2-3-13-36/h4-9,16-17,21H,2-3,10-15H2,1H3,(H,34,38). The number of fused-ring (bicyclic) bond motifs is 1. The molecular weight excluding hydrogens is 514 g/mol. The van der Waals surface area contributed by atoms with Gasteiger partial charge in [-0.1, -0.05) is 0 Å². The van der Waals surface area contributed by atoms with Crippen LogP contribution in [0.15, 0.2) is 42.5 Å². The SMILES string of the molecule is Cc1nc(N2CCC(N3CCCC3)CC2)nc2ccc(NC(=O)C=Cc3ccc(OC(F)(F)F)cc3F)cc12. The number of carbonyl (C=O) groups is 1. The first-order valence-corrected chi connectivity index (χ1v) is 13.0. The number of likely N-dealkylation sites (tertiary alicyclic amines) is 1. The van der Waals surface area contributed by atoms with Crippen LogP contribution in [0.5, 0.6) is 5.75 Å². The zero-order valence-corrected chi connectivity index (χ0v) is 21.5. The number of amides is 1. The highest BCUT2D eigenvalue weighted by atomic mass is 19.4. The maximum Gasteiger partial charge on any atom is 0.573 e. The highest BCUT2D eigenvalue weighted by molar-refractivity contribution is 6.03. The Kier molecular flexibility index (Phi) is 7.69. The summed E-state index contributed by atoms with van der Waals surface area (Å²) in [7, 11) is 0. The molecule has 2 aromatic carbocycles. The fourth-order valence-corrected chi connectivity index (χ4v) is 5.21. The first kappa shape index (κ1) is 26.9. The van der Waals surface area contributed by atoms with Crippen molar-refractivity contribution in [3.05, 3.63) is 59.5 Å². The summed E-state index contributed by atoms with van der Waals surface area (Å²) < 4.78 is 54.7. The molecule has 5 rings (SSSR count). The van der Waals surface area contributed by atoms with E-state index >= 15 is 0 Å². The second-order valence-electron chi connectivity index (χ2n) is 9.86. The van der Waals surface area contributed by atoms with Gasteiger partial charge in [0.15, 0.2) is 0 Å². The topological polar surface area (TPSA) is 70.6 Å². The molecule has 0 spiro atoms. The first-order chi connectivity index (χ1) is 18.6. The number of hydrogen-bond acceptors (Lipinski definition) is 6. The maximum absolute atomic E-state index is 14.1. The van der Waals surface area contributed by atoms with Crippen molar-refractivity contribution in [2.75, 3.05) is 36.4 Å². The van der Waals surface area contributed by atoms with Crippen LogP contribution in [-0.2, 0) is 4.79 Å². The summed E-state index contributed by atoms with van der Waals surface area (Å²) in [4.78, 5) is 26.8. The second kappa shape index (κ2) is 11.2. The van der Waals surface area contributed by atoms with Crippen LogP contribution in [0, 0.1) is 12.7 Å². The minimum absolute atomic E-state index is 0.0561. The molecule has 2 aliphatic rings. The molecule has 0 atom stereocenters. The molecule has 3 aromatic rings. The fraction of sp³-hybridized carbons (Fsp3) is 0.393. The van der Waals surface area contributed by atoms with Gasteiger partial charge in [0.05, 0.1) is 11.2 Å². The molecule has 206 valence electrons. The molecule has 39 heavy (non-hydrogen) atoms. The van der Waals surface area contributed by atoms with E-state index in [1.165, 1.54) is 32.0 Å². The number of alkyl halides is 3. The van der Waals surface area contributed by atoms with E-state index < -0.39 is 23.8 Å². The molecule has 1 N–H and O–H groups in total. The number of benzene rings is 2. The number of rotatable bonds is 6. The van der Waals surface area contributed by atoms with Gasteiger partial charge in [-0.05, 0) is 82.1 Å². The highest BCUT2D eigenvalue weighted by Gasteiger charge is 2.31. The van der Waals surface area contributed by atoms with E-state index in [0.29, 0.717) is 23.7 Å². The van der Waals surface area contributed by atoms with Crippen molar-refractivity contribution in [1.82, 2.24) is 14.9 Å². The second-order valence-corrected chi connectivity index (χ2v) is 9.86. The predicted molar refractivity (Wildman–Crippen MR) is 141 cm³/mol. The lowest BCUT2D eigenvalue weighted by molar-refractivity contribution is -0.274. The lowest BCUT2D eigenvalue weighted by atomic mass is 10.0. The molecule has 2 saturated heterocycles. The van der Waals surface area contributed by atoms with Crippen LogP contribution in [0.4, 0.5) is 29.2 Å². The molecule has 0 aliphatic carbocycles. The summed E-state index contributed by atoms with van der Waals surface area (Å²) in [5.74, 6) is -1.44. The van der Waals surface area contributed by atoms with Gasteiger partial charge in [0.1, 0.15) is 11.6 Å². The van der Waals surface area contributed by atoms with Gasteiger partial charge in [-0.3, -0.25) is 4.79 Å². The first-order valence-electron chi connectivity index (χ1n) is 13.0. The number of anilines is 2. The normalized spacial score (nSPS) is 17.3. The van der Waals surface area contributed by atoms with E-state index in [2.05, 4.69) is 19.9 Å². The van der Waals surface area contributed by atoms with Gasteiger partial charge in [0.25, 0.3) is 0 Å². The quantitative estimate of drug-likeness (QED) is 0.318. The van der Waals surface area contributed by atoms with Crippen molar-refractivity contribution in [3.63, 3.8) is 0 Å². The van der Waals surface area contributed by atoms with Gasteiger partial charge >= 0.3 is 6.36 Å². The molecule has 0 saturated carbocycles. The van der Waals surface area contributed by atoms with Gasteiger partial charge in [0, 0.05) is 47.9 Å². The lowest BCUT2D eigenvalue weighted by Crippen LogP contribution is -2.44. The Balaban J connectivity index is 1.22. The lowest BCUT2D eigenvalue weighted by Gasteiger charge is -2.36.